The molecule has 2 N–H and O–H groups in total. The average molecular weight is 190 g/mol. The normalized spacial score (nSPS) is 10.5. The number of carbonyl (C=O) groups is 1. The van der Waals surface area contributed by atoms with Crippen LogP contribution in [0.1, 0.15) is 12.5 Å². The summed E-state index contributed by atoms with van der Waals surface area (Å²) >= 11 is 0. The zero-order valence-electron chi connectivity index (χ0n) is 8.40. The highest BCUT2D eigenvalue weighted by Gasteiger charge is 2.06. The van der Waals surface area contributed by atoms with Gasteiger partial charge in [-0.2, -0.15) is 0 Å². The lowest BCUT2D eigenvalue weighted by Crippen LogP contribution is -2.36. The zero-order valence-corrected chi connectivity index (χ0v) is 8.40. The molecular weight excluding hydrogens is 176 g/mol. The lowest BCUT2D eigenvalue weighted by Gasteiger charge is -2.14. The van der Waals surface area contributed by atoms with Crippen LogP contribution in [0, 0.1) is 6.92 Å². The van der Waals surface area contributed by atoms with Crippen LogP contribution in [0.5, 0.6) is 0 Å². The van der Waals surface area contributed by atoms with E-state index in [0.717, 1.165) is 10.6 Å². The smallest absolute Gasteiger partial charge is 0.264 e. The molecule has 3 nitrogen and oxygen atoms in total. The fourth-order valence-electron chi connectivity index (χ4n) is 1.06. The fraction of sp³-hybridized carbons (Fsp3) is 0.182. The number of hydrazine groups is 1. The van der Waals surface area contributed by atoms with E-state index in [9.17, 15) is 4.79 Å². The number of anilines is 1. The Morgan fingerprint density at radius 1 is 1.36 bits per heavy atom. The number of allylic oxidation sites excluding steroid dienone is 1. The molecule has 0 aliphatic heterocycles. The van der Waals surface area contributed by atoms with Gasteiger partial charge in [-0.3, -0.25) is 4.79 Å². The SMILES string of the molecule is C/C=C/C(=O)N(N)c1ccc(C)cc1. The van der Waals surface area contributed by atoms with E-state index in [1.165, 1.54) is 6.08 Å². The van der Waals surface area contributed by atoms with Crippen molar-refractivity contribution >= 4 is 11.6 Å². The Hall–Kier alpha value is -1.61. The summed E-state index contributed by atoms with van der Waals surface area (Å²) in [6, 6.07) is 7.46. The standard InChI is InChI=1S/C11H14N2O/c1-3-4-11(14)13(12)10-7-5-9(2)6-8-10/h3-8H,12H2,1-2H3/b4-3+. The summed E-state index contributed by atoms with van der Waals surface area (Å²) in [7, 11) is 0. The molecule has 0 fully saturated rings. The number of aryl methyl sites for hydroxylation is 1. The van der Waals surface area contributed by atoms with Crippen LogP contribution in [0.2, 0.25) is 0 Å². The molecule has 0 saturated carbocycles. The minimum absolute atomic E-state index is 0.226. The van der Waals surface area contributed by atoms with Gasteiger partial charge >= 0.3 is 0 Å². The largest absolute Gasteiger partial charge is 0.268 e. The van der Waals surface area contributed by atoms with Gasteiger partial charge in [0.1, 0.15) is 0 Å². The van der Waals surface area contributed by atoms with Gasteiger partial charge in [0.15, 0.2) is 0 Å². The quantitative estimate of drug-likeness (QED) is 0.334. The van der Waals surface area contributed by atoms with Crippen LogP contribution in [0.15, 0.2) is 36.4 Å². The van der Waals surface area contributed by atoms with E-state index in [-0.39, 0.29) is 5.91 Å². The lowest BCUT2D eigenvalue weighted by atomic mass is 10.2. The minimum Gasteiger partial charge on any atom is -0.268 e. The van der Waals surface area contributed by atoms with Gasteiger partial charge in [-0.15, -0.1) is 0 Å². The molecule has 0 spiro atoms. The number of hydrogen-bond donors (Lipinski definition) is 1. The van der Waals surface area contributed by atoms with Crippen LogP contribution in [0.25, 0.3) is 0 Å². The second-order valence-corrected chi connectivity index (χ2v) is 3.04. The van der Waals surface area contributed by atoms with E-state index in [1.54, 1.807) is 13.0 Å². The Bertz CT molecular complexity index is 341. The van der Waals surface area contributed by atoms with Gasteiger partial charge in [-0.1, -0.05) is 23.8 Å². The molecule has 0 aliphatic rings. The molecule has 1 rings (SSSR count). The maximum Gasteiger partial charge on any atom is 0.264 e. The van der Waals surface area contributed by atoms with Crippen molar-refractivity contribution in [3.8, 4) is 0 Å². The first kappa shape index (κ1) is 10.5. The maximum atomic E-state index is 11.3. The molecule has 0 saturated heterocycles. The Labute approximate surface area is 83.8 Å². The summed E-state index contributed by atoms with van der Waals surface area (Å²) in [4.78, 5) is 11.3. The number of benzene rings is 1. The highest BCUT2D eigenvalue weighted by atomic mass is 16.2. The first-order valence-corrected chi connectivity index (χ1v) is 4.43. The molecule has 0 aliphatic carbocycles. The van der Waals surface area contributed by atoms with E-state index in [4.69, 9.17) is 5.84 Å². The monoisotopic (exact) mass is 190 g/mol. The Kier molecular flexibility index (Phi) is 3.42. The van der Waals surface area contributed by atoms with Crippen LogP contribution >= 0.6 is 0 Å². The van der Waals surface area contributed by atoms with Gasteiger partial charge in [-0.05, 0) is 26.0 Å². The third-order valence-corrected chi connectivity index (χ3v) is 1.86. The third kappa shape index (κ3) is 2.44. The number of rotatable bonds is 2. The van der Waals surface area contributed by atoms with E-state index < -0.39 is 0 Å². The molecule has 1 aromatic rings. The maximum absolute atomic E-state index is 11.3. The van der Waals surface area contributed by atoms with E-state index in [0.29, 0.717) is 5.69 Å². The summed E-state index contributed by atoms with van der Waals surface area (Å²) in [6.45, 7) is 3.76. The van der Waals surface area contributed by atoms with Crippen LogP contribution in [-0.4, -0.2) is 5.91 Å². The molecular formula is C11H14N2O. The third-order valence-electron chi connectivity index (χ3n) is 1.86. The second-order valence-electron chi connectivity index (χ2n) is 3.04. The minimum atomic E-state index is -0.226. The molecule has 0 heterocycles. The van der Waals surface area contributed by atoms with Crippen LogP contribution < -0.4 is 10.9 Å². The first-order chi connectivity index (χ1) is 6.65. The molecule has 0 aromatic heterocycles. The van der Waals surface area contributed by atoms with Gasteiger partial charge in [0, 0.05) is 6.08 Å². The van der Waals surface area contributed by atoms with Crippen molar-refractivity contribution in [2.24, 2.45) is 5.84 Å². The summed E-state index contributed by atoms with van der Waals surface area (Å²) in [5.41, 5.74) is 1.83. The molecule has 0 unspecified atom stereocenters. The highest BCUT2D eigenvalue weighted by molar-refractivity contribution is 6.00. The molecule has 74 valence electrons. The predicted molar refractivity (Wildman–Crippen MR) is 57.7 cm³/mol. The number of amides is 1. The van der Waals surface area contributed by atoms with E-state index in [1.807, 2.05) is 31.2 Å². The van der Waals surface area contributed by atoms with Gasteiger partial charge in [0.25, 0.3) is 5.91 Å². The summed E-state index contributed by atoms with van der Waals surface area (Å²) in [5.74, 6) is 5.38. The van der Waals surface area contributed by atoms with Crippen molar-refractivity contribution in [3.63, 3.8) is 0 Å². The van der Waals surface area contributed by atoms with Crippen molar-refractivity contribution in [1.29, 1.82) is 0 Å². The number of nitrogens with two attached hydrogens (primary N) is 1. The van der Waals surface area contributed by atoms with Gasteiger partial charge in [-0.25, -0.2) is 10.9 Å². The highest BCUT2D eigenvalue weighted by Crippen LogP contribution is 2.11. The van der Waals surface area contributed by atoms with Crippen molar-refractivity contribution in [3.05, 3.63) is 42.0 Å². The molecule has 14 heavy (non-hydrogen) atoms. The fourth-order valence-corrected chi connectivity index (χ4v) is 1.06. The topological polar surface area (TPSA) is 46.3 Å². The summed E-state index contributed by atoms with van der Waals surface area (Å²) in [6.07, 6.45) is 3.09. The van der Waals surface area contributed by atoms with E-state index in [2.05, 4.69) is 0 Å². The van der Waals surface area contributed by atoms with Crippen molar-refractivity contribution < 1.29 is 4.79 Å². The zero-order chi connectivity index (χ0) is 10.6. The Morgan fingerprint density at radius 3 is 2.43 bits per heavy atom. The second kappa shape index (κ2) is 4.58. The van der Waals surface area contributed by atoms with Crippen molar-refractivity contribution in [1.82, 2.24) is 0 Å². The van der Waals surface area contributed by atoms with Crippen molar-refractivity contribution in [2.45, 2.75) is 13.8 Å². The van der Waals surface area contributed by atoms with Crippen LogP contribution in [0.3, 0.4) is 0 Å². The molecule has 0 bridgehead atoms. The molecule has 1 amide bonds. The van der Waals surface area contributed by atoms with Gasteiger partial charge < -0.3 is 0 Å². The Morgan fingerprint density at radius 2 is 1.93 bits per heavy atom. The number of hydrogen-bond acceptors (Lipinski definition) is 2. The molecule has 3 heteroatoms. The lowest BCUT2D eigenvalue weighted by molar-refractivity contribution is -0.114. The number of carbonyl (C=O) groups excluding carboxylic acids is 1. The average Bonchev–Trinajstić information content (AvgIpc) is 2.18. The Balaban J connectivity index is 2.84. The van der Waals surface area contributed by atoms with Gasteiger partial charge in [0.2, 0.25) is 0 Å². The van der Waals surface area contributed by atoms with Crippen LogP contribution in [-0.2, 0) is 4.79 Å². The molecule has 1 aromatic carbocycles. The molecule has 0 radical (unpaired) electrons. The summed E-state index contributed by atoms with van der Waals surface area (Å²) < 4.78 is 0. The molecule has 0 atom stereocenters. The van der Waals surface area contributed by atoms with Gasteiger partial charge in [0.05, 0.1) is 5.69 Å². The number of nitrogens with zero attached hydrogens (tertiary/aromatic N) is 1. The van der Waals surface area contributed by atoms with E-state index >= 15 is 0 Å². The van der Waals surface area contributed by atoms with Crippen LogP contribution in [0.4, 0.5) is 5.69 Å². The van der Waals surface area contributed by atoms with Crippen molar-refractivity contribution in [2.75, 3.05) is 5.01 Å². The first-order valence-electron chi connectivity index (χ1n) is 4.43. The predicted octanol–water partition coefficient (Wildman–Crippen LogP) is 1.78. The summed E-state index contributed by atoms with van der Waals surface area (Å²) in [5, 5.41) is 1.12.